The highest BCUT2D eigenvalue weighted by Gasteiger charge is 2.57. The number of nitrogens with zero attached hydrogens (tertiary/aromatic N) is 3. The zero-order valence-electron chi connectivity index (χ0n) is 19.7. The number of benzene rings is 1. The van der Waals surface area contributed by atoms with E-state index in [4.69, 9.17) is 9.98 Å². The van der Waals surface area contributed by atoms with E-state index in [1.54, 1.807) is 0 Å². The van der Waals surface area contributed by atoms with Gasteiger partial charge in [0.2, 0.25) is 0 Å². The third kappa shape index (κ3) is 3.92. The van der Waals surface area contributed by atoms with Crippen LogP contribution in [0.25, 0.3) is 0 Å². The number of rotatable bonds is 7. The van der Waals surface area contributed by atoms with Crippen molar-refractivity contribution in [1.29, 1.82) is 0 Å². The fourth-order valence-electron chi connectivity index (χ4n) is 7.18. The Morgan fingerprint density at radius 1 is 1.21 bits per heavy atom. The van der Waals surface area contributed by atoms with Crippen LogP contribution in [0.15, 0.2) is 51.0 Å². The van der Waals surface area contributed by atoms with Crippen molar-refractivity contribution < 1.29 is 4.39 Å². The molecule has 33 heavy (non-hydrogen) atoms. The van der Waals surface area contributed by atoms with Gasteiger partial charge in [-0.2, -0.15) is 0 Å². The molecule has 3 unspecified atom stereocenters. The fraction of sp³-hybridized carbons (Fsp3) is 0.643. The SMILES string of the molecule is C=C(C1CC(C)C(F)C1)N(CC12CCC(C3=NC(C4CC4)=NC3)(CC1)C2)c1cccc(Br)c1. The van der Waals surface area contributed by atoms with Gasteiger partial charge < -0.3 is 4.90 Å². The number of amidine groups is 1. The van der Waals surface area contributed by atoms with Crippen molar-refractivity contribution in [2.45, 2.75) is 70.9 Å². The monoisotopic (exact) mass is 511 g/mol. The molecule has 4 saturated carbocycles. The van der Waals surface area contributed by atoms with E-state index in [2.05, 4.69) is 51.7 Å². The second-order valence-corrected chi connectivity index (χ2v) is 12.6. The van der Waals surface area contributed by atoms with Crippen molar-refractivity contribution in [3.63, 3.8) is 0 Å². The molecule has 0 spiro atoms. The van der Waals surface area contributed by atoms with Crippen LogP contribution in [-0.4, -0.2) is 30.8 Å². The van der Waals surface area contributed by atoms with Gasteiger partial charge in [0.05, 0.1) is 6.54 Å². The van der Waals surface area contributed by atoms with E-state index >= 15 is 0 Å². The summed E-state index contributed by atoms with van der Waals surface area (Å²) < 4.78 is 15.5. The molecule has 4 fully saturated rings. The molecule has 6 rings (SSSR count). The Morgan fingerprint density at radius 2 is 2.00 bits per heavy atom. The Bertz CT molecular complexity index is 1010. The van der Waals surface area contributed by atoms with E-state index in [1.165, 1.54) is 56.3 Å². The molecular formula is C28H35BrFN3. The topological polar surface area (TPSA) is 28.0 Å². The predicted molar refractivity (Wildman–Crippen MR) is 138 cm³/mol. The van der Waals surface area contributed by atoms with E-state index in [9.17, 15) is 4.39 Å². The molecule has 0 amide bonds. The minimum Gasteiger partial charge on any atom is -0.345 e. The molecule has 0 aromatic heterocycles. The lowest BCUT2D eigenvalue weighted by Gasteiger charge is -2.38. The molecule has 0 radical (unpaired) electrons. The standard InChI is InChI=1S/C28H35BrFN3/c1-18-12-21(13-24(18)30)19(2)33(23-5-3-4-22(29)14-23)17-27-8-10-28(16-27,11-9-27)25-15-31-26(32-25)20-6-7-20/h3-5,14,18,20-21,24H,2,6-13,15-17H2,1H3. The maximum absolute atomic E-state index is 14.4. The van der Waals surface area contributed by atoms with Gasteiger partial charge >= 0.3 is 0 Å². The normalized spacial score (nSPS) is 37.4. The molecule has 3 nitrogen and oxygen atoms in total. The van der Waals surface area contributed by atoms with Crippen molar-refractivity contribution in [3.8, 4) is 0 Å². The highest BCUT2D eigenvalue weighted by Crippen LogP contribution is 2.63. The average molecular weight is 513 g/mol. The summed E-state index contributed by atoms with van der Waals surface area (Å²) in [6, 6.07) is 8.56. The van der Waals surface area contributed by atoms with Gasteiger partial charge in [-0.25, -0.2) is 9.38 Å². The highest BCUT2D eigenvalue weighted by molar-refractivity contribution is 9.10. The van der Waals surface area contributed by atoms with Crippen LogP contribution in [0.2, 0.25) is 0 Å². The first-order valence-corrected chi connectivity index (χ1v) is 13.6. The first-order chi connectivity index (χ1) is 15.9. The largest absolute Gasteiger partial charge is 0.345 e. The summed E-state index contributed by atoms with van der Waals surface area (Å²) in [6.07, 6.45) is 9.54. The average Bonchev–Trinajstić information content (AvgIpc) is 3.14. The van der Waals surface area contributed by atoms with Gasteiger partial charge in [0.1, 0.15) is 12.0 Å². The molecule has 0 saturated heterocycles. The van der Waals surface area contributed by atoms with Crippen molar-refractivity contribution in [1.82, 2.24) is 0 Å². The van der Waals surface area contributed by atoms with Gasteiger partial charge in [-0.1, -0.05) is 35.5 Å². The predicted octanol–water partition coefficient (Wildman–Crippen LogP) is 7.37. The van der Waals surface area contributed by atoms with Crippen LogP contribution in [0.1, 0.15) is 64.7 Å². The van der Waals surface area contributed by atoms with Crippen LogP contribution in [0.4, 0.5) is 10.1 Å². The molecule has 3 atom stereocenters. The summed E-state index contributed by atoms with van der Waals surface area (Å²) >= 11 is 3.66. The minimum atomic E-state index is -0.707. The summed E-state index contributed by atoms with van der Waals surface area (Å²) in [5, 5.41) is 0. The van der Waals surface area contributed by atoms with Crippen LogP contribution in [-0.2, 0) is 0 Å². The Morgan fingerprint density at radius 3 is 2.67 bits per heavy atom. The number of aliphatic imine (C=N–C) groups is 2. The van der Waals surface area contributed by atoms with E-state index in [-0.39, 0.29) is 22.7 Å². The lowest BCUT2D eigenvalue weighted by Crippen LogP contribution is -2.36. The Balaban J connectivity index is 1.25. The third-order valence-electron chi connectivity index (χ3n) is 9.39. The molecule has 176 valence electrons. The zero-order chi connectivity index (χ0) is 22.8. The van der Waals surface area contributed by atoms with E-state index < -0.39 is 6.17 Å². The van der Waals surface area contributed by atoms with E-state index in [1.807, 2.05) is 6.92 Å². The van der Waals surface area contributed by atoms with E-state index in [0.717, 1.165) is 35.5 Å². The smallest absolute Gasteiger partial charge is 0.126 e. The summed E-state index contributed by atoms with van der Waals surface area (Å²) in [4.78, 5) is 12.4. The van der Waals surface area contributed by atoms with Crippen LogP contribution < -0.4 is 4.90 Å². The van der Waals surface area contributed by atoms with Crippen molar-refractivity contribution in [2.75, 3.05) is 18.0 Å². The quantitative estimate of drug-likeness (QED) is 0.375. The van der Waals surface area contributed by atoms with Crippen LogP contribution in [0.3, 0.4) is 0 Å². The van der Waals surface area contributed by atoms with Crippen molar-refractivity contribution >= 4 is 33.2 Å². The maximum atomic E-state index is 14.4. The summed E-state index contributed by atoms with van der Waals surface area (Å²) in [5.41, 5.74) is 4.21. The summed E-state index contributed by atoms with van der Waals surface area (Å²) in [6.45, 7) is 8.43. The lowest BCUT2D eigenvalue weighted by molar-refractivity contribution is 0.276. The minimum absolute atomic E-state index is 0.126. The molecule has 5 heteroatoms. The zero-order valence-corrected chi connectivity index (χ0v) is 21.3. The maximum Gasteiger partial charge on any atom is 0.126 e. The van der Waals surface area contributed by atoms with E-state index in [0.29, 0.717) is 12.3 Å². The number of hydrogen-bond acceptors (Lipinski definition) is 3. The lowest BCUT2D eigenvalue weighted by atomic mass is 9.79. The number of hydrogen-bond donors (Lipinski definition) is 0. The first kappa shape index (κ1) is 22.0. The Kier molecular flexibility index (Phi) is 5.36. The van der Waals surface area contributed by atoms with Crippen molar-refractivity contribution in [3.05, 3.63) is 41.0 Å². The Hall–Kier alpha value is -1.49. The molecule has 1 heterocycles. The molecule has 0 N–H and O–H groups in total. The number of halogens is 2. The highest BCUT2D eigenvalue weighted by atomic mass is 79.9. The van der Waals surface area contributed by atoms with Crippen LogP contribution in [0, 0.1) is 28.6 Å². The third-order valence-corrected chi connectivity index (χ3v) is 9.88. The van der Waals surface area contributed by atoms with Gasteiger partial charge in [0.25, 0.3) is 0 Å². The Labute approximate surface area is 205 Å². The number of fused-ring (bicyclic) bond motifs is 2. The second kappa shape index (κ2) is 8.03. The second-order valence-electron chi connectivity index (χ2n) is 11.7. The van der Waals surface area contributed by atoms with Gasteiger partial charge in [-0.05, 0) is 87.3 Å². The van der Waals surface area contributed by atoms with Crippen LogP contribution >= 0.6 is 15.9 Å². The molecular weight excluding hydrogens is 477 g/mol. The molecule has 1 aromatic carbocycles. The van der Waals surface area contributed by atoms with Crippen molar-refractivity contribution in [2.24, 2.45) is 38.6 Å². The van der Waals surface area contributed by atoms with Gasteiger partial charge in [-0.15, -0.1) is 0 Å². The number of alkyl halides is 1. The van der Waals surface area contributed by atoms with Gasteiger partial charge in [0.15, 0.2) is 0 Å². The summed E-state index contributed by atoms with van der Waals surface area (Å²) in [7, 11) is 0. The van der Waals surface area contributed by atoms with Gasteiger partial charge in [0, 0.05) is 45.4 Å². The fourth-order valence-corrected chi connectivity index (χ4v) is 7.56. The molecule has 2 bridgehead atoms. The first-order valence-electron chi connectivity index (χ1n) is 12.8. The van der Waals surface area contributed by atoms with Gasteiger partial charge in [-0.3, -0.25) is 4.99 Å². The molecule has 1 aliphatic heterocycles. The number of allylic oxidation sites excluding steroid dienone is 1. The molecule has 4 aliphatic carbocycles. The summed E-state index contributed by atoms with van der Waals surface area (Å²) in [5.74, 6) is 2.14. The molecule has 1 aromatic rings. The molecule has 5 aliphatic rings. The van der Waals surface area contributed by atoms with Crippen LogP contribution in [0.5, 0.6) is 0 Å². The number of anilines is 1.